The maximum atomic E-state index is 11.5. The molecule has 1 N–H and O–H groups in total. The van der Waals surface area contributed by atoms with Crippen LogP contribution in [0.4, 0.5) is 4.79 Å². The molecule has 2 unspecified atom stereocenters. The summed E-state index contributed by atoms with van der Waals surface area (Å²) in [4.78, 5) is 22.9. The number of amides is 1. The first-order valence-electron chi connectivity index (χ1n) is 6.31. The number of hydrogen-bond acceptors (Lipinski definition) is 4. The van der Waals surface area contributed by atoms with Gasteiger partial charge in [0.1, 0.15) is 5.60 Å². The number of ether oxygens (including phenoxy) is 2. The highest BCUT2D eigenvalue weighted by atomic mass is 16.6. The van der Waals surface area contributed by atoms with E-state index in [1.165, 1.54) is 0 Å². The van der Waals surface area contributed by atoms with Crippen LogP contribution in [0.15, 0.2) is 0 Å². The molecule has 0 rings (SSSR count). The van der Waals surface area contributed by atoms with E-state index in [0.29, 0.717) is 13.0 Å². The maximum Gasteiger partial charge on any atom is 0.407 e. The van der Waals surface area contributed by atoms with Crippen LogP contribution in [-0.2, 0) is 14.3 Å². The predicted molar refractivity (Wildman–Crippen MR) is 69.2 cm³/mol. The fourth-order valence-corrected chi connectivity index (χ4v) is 1.48. The summed E-state index contributed by atoms with van der Waals surface area (Å²) in [5.41, 5.74) is -0.517. The zero-order valence-corrected chi connectivity index (χ0v) is 12.2. The highest BCUT2D eigenvalue weighted by Crippen LogP contribution is 2.10. The van der Waals surface area contributed by atoms with Gasteiger partial charge < -0.3 is 14.8 Å². The Morgan fingerprint density at radius 2 is 1.78 bits per heavy atom. The summed E-state index contributed by atoms with van der Waals surface area (Å²) < 4.78 is 10.0. The molecule has 0 aliphatic carbocycles. The van der Waals surface area contributed by atoms with Crippen LogP contribution in [0.2, 0.25) is 0 Å². The summed E-state index contributed by atoms with van der Waals surface area (Å²) in [6.45, 7) is 11.2. The van der Waals surface area contributed by atoms with E-state index in [4.69, 9.17) is 9.47 Å². The SMILES string of the molecule is CCOC(=O)C(C)CC(C)NC(=O)OC(C)(C)C. The van der Waals surface area contributed by atoms with Crippen LogP contribution >= 0.6 is 0 Å². The highest BCUT2D eigenvalue weighted by Gasteiger charge is 2.21. The molecular weight excluding hydrogens is 234 g/mol. The van der Waals surface area contributed by atoms with Gasteiger partial charge in [-0.05, 0) is 41.0 Å². The van der Waals surface area contributed by atoms with Crippen molar-refractivity contribution in [1.29, 1.82) is 0 Å². The van der Waals surface area contributed by atoms with E-state index in [0.717, 1.165) is 0 Å². The molecule has 0 fully saturated rings. The first kappa shape index (κ1) is 16.7. The van der Waals surface area contributed by atoms with E-state index in [9.17, 15) is 9.59 Å². The van der Waals surface area contributed by atoms with Gasteiger partial charge in [-0.15, -0.1) is 0 Å². The van der Waals surface area contributed by atoms with Gasteiger partial charge in [-0.25, -0.2) is 4.79 Å². The van der Waals surface area contributed by atoms with Crippen LogP contribution in [0.5, 0.6) is 0 Å². The smallest absolute Gasteiger partial charge is 0.407 e. The molecule has 5 heteroatoms. The van der Waals surface area contributed by atoms with Crippen molar-refractivity contribution in [3.63, 3.8) is 0 Å². The number of nitrogens with one attached hydrogen (secondary N) is 1. The third-order valence-corrected chi connectivity index (χ3v) is 2.16. The van der Waals surface area contributed by atoms with Gasteiger partial charge in [0, 0.05) is 6.04 Å². The Balaban J connectivity index is 4.07. The van der Waals surface area contributed by atoms with Crippen molar-refractivity contribution in [2.24, 2.45) is 5.92 Å². The minimum Gasteiger partial charge on any atom is -0.466 e. The van der Waals surface area contributed by atoms with Crippen molar-refractivity contribution < 1.29 is 19.1 Å². The molecule has 0 bridgehead atoms. The summed E-state index contributed by atoms with van der Waals surface area (Å²) in [6, 6.07) is -0.140. The zero-order chi connectivity index (χ0) is 14.3. The first-order chi connectivity index (χ1) is 8.15. The van der Waals surface area contributed by atoms with Gasteiger partial charge in [0.25, 0.3) is 0 Å². The van der Waals surface area contributed by atoms with Gasteiger partial charge >= 0.3 is 12.1 Å². The molecule has 0 radical (unpaired) electrons. The molecule has 0 aromatic heterocycles. The van der Waals surface area contributed by atoms with Crippen molar-refractivity contribution >= 4 is 12.1 Å². The molecule has 5 nitrogen and oxygen atoms in total. The van der Waals surface area contributed by atoms with Crippen molar-refractivity contribution in [1.82, 2.24) is 5.32 Å². The molecule has 106 valence electrons. The van der Waals surface area contributed by atoms with Gasteiger partial charge in [0.05, 0.1) is 12.5 Å². The molecule has 0 spiro atoms. The Morgan fingerprint density at radius 1 is 1.22 bits per heavy atom. The lowest BCUT2D eigenvalue weighted by atomic mass is 10.0. The average molecular weight is 259 g/mol. The number of esters is 1. The van der Waals surface area contributed by atoms with E-state index < -0.39 is 11.7 Å². The van der Waals surface area contributed by atoms with Crippen LogP contribution in [0, 0.1) is 5.92 Å². The molecular formula is C13H25NO4. The lowest BCUT2D eigenvalue weighted by Crippen LogP contribution is -2.39. The van der Waals surface area contributed by atoms with Gasteiger partial charge in [-0.2, -0.15) is 0 Å². The van der Waals surface area contributed by atoms with Crippen LogP contribution in [0.25, 0.3) is 0 Å². The Labute approximate surface area is 109 Å². The van der Waals surface area contributed by atoms with Gasteiger partial charge in [-0.1, -0.05) is 6.92 Å². The number of alkyl carbamates (subject to hydrolysis) is 1. The second-order valence-electron chi connectivity index (χ2n) is 5.44. The Kier molecular flexibility index (Phi) is 6.73. The van der Waals surface area contributed by atoms with E-state index in [1.807, 2.05) is 6.92 Å². The lowest BCUT2D eigenvalue weighted by molar-refractivity contribution is -0.147. The van der Waals surface area contributed by atoms with Crippen LogP contribution in [-0.4, -0.2) is 30.3 Å². The van der Waals surface area contributed by atoms with Crippen LogP contribution in [0.1, 0.15) is 48.0 Å². The van der Waals surface area contributed by atoms with E-state index in [2.05, 4.69) is 5.32 Å². The third-order valence-electron chi connectivity index (χ3n) is 2.16. The fraction of sp³-hybridized carbons (Fsp3) is 0.846. The van der Waals surface area contributed by atoms with Crippen LogP contribution in [0.3, 0.4) is 0 Å². The number of hydrogen-bond donors (Lipinski definition) is 1. The second kappa shape index (κ2) is 7.24. The zero-order valence-electron chi connectivity index (χ0n) is 12.2. The minimum absolute atomic E-state index is 0.140. The maximum absolute atomic E-state index is 11.5. The minimum atomic E-state index is -0.517. The summed E-state index contributed by atoms with van der Waals surface area (Å²) in [5.74, 6) is -0.481. The Bertz CT molecular complexity index is 283. The largest absolute Gasteiger partial charge is 0.466 e. The monoisotopic (exact) mass is 259 g/mol. The molecule has 18 heavy (non-hydrogen) atoms. The summed E-state index contributed by atoms with van der Waals surface area (Å²) >= 11 is 0. The number of rotatable bonds is 5. The van der Waals surface area contributed by atoms with Gasteiger partial charge in [-0.3, -0.25) is 4.79 Å². The summed E-state index contributed by atoms with van der Waals surface area (Å²) in [5, 5.41) is 2.70. The summed E-state index contributed by atoms with van der Waals surface area (Å²) in [6.07, 6.45) is 0.0593. The predicted octanol–water partition coefficient (Wildman–Crippen LogP) is 2.49. The standard InChI is InChI=1S/C13H25NO4/c1-7-17-11(15)9(2)8-10(3)14-12(16)18-13(4,5)6/h9-10H,7-8H2,1-6H3,(H,14,16). The molecule has 2 atom stereocenters. The lowest BCUT2D eigenvalue weighted by Gasteiger charge is -2.22. The Hall–Kier alpha value is -1.26. The van der Waals surface area contributed by atoms with Crippen molar-refractivity contribution in [3.05, 3.63) is 0 Å². The number of carbonyl (C=O) groups excluding carboxylic acids is 2. The second-order valence-corrected chi connectivity index (χ2v) is 5.44. The Morgan fingerprint density at radius 3 is 2.22 bits per heavy atom. The number of carbonyl (C=O) groups is 2. The van der Waals surface area contributed by atoms with Crippen molar-refractivity contribution in [3.8, 4) is 0 Å². The van der Waals surface area contributed by atoms with E-state index >= 15 is 0 Å². The van der Waals surface area contributed by atoms with Gasteiger partial charge in [0.15, 0.2) is 0 Å². The highest BCUT2D eigenvalue weighted by molar-refractivity contribution is 5.72. The molecule has 0 aromatic carbocycles. The van der Waals surface area contributed by atoms with E-state index in [1.54, 1.807) is 34.6 Å². The molecule has 0 aromatic rings. The molecule has 0 aliphatic heterocycles. The molecule has 0 heterocycles. The van der Waals surface area contributed by atoms with E-state index in [-0.39, 0.29) is 17.9 Å². The first-order valence-corrected chi connectivity index (χ1v) is 6.31. The molecule has 1 amide bonds. The molecule has 0 saturated carbocycles. The normalized spacial score (nSPS) is 14.6. The fourth-order valence-electron chi connectivity index (χ4n) is 1.48. The van der Waals surface area contributed by atoms with Crippen molar-refractivity contribution in [2.45, 2.75) is 59.6 Å². The van der Waals surface area contributed by atoms with Crippen molar-refractivity contribution in [2.75, 3.05) is 6.61 Å². The topological polar surface area (TPSA) is 64.6 Å². The van der Waals surface area contributed by atoms with Crippen LogP contribution < -0.4 is 5.32 Å². The van der Waals surface area contributed by atoms with Gasteiger partial charge in [0.2, 0.25) is 0 Å². The molecule has 0 saturated heterocycles. The third kappa shape index (κ3) is 7.92. The molecule has 0 aliphatic rings. The summed E-state index contributed by atoms with van der Waals surface area (Å²) in [7, 11) is 0. The quantitative estimate of drug-likeness (QED) is 0.770. The average Bonchev–Trinajstić information content (AvgIpc) is 2.13.